The number of thiazole rings is 1. The third kappa shape index (κ3) is 3.63. The second-order valence-electron chi connectivity index (χ2n) is 6.78. The summed E-state index contributed by atoms with van der Waals surface area (Å²) >= 11 is 3.44. The van der Waals surface area contributed by atoms with Crippen molar-refractivity contribution in [3.05, 3.63) is 70.1 Å². The molecule has 0 radical (unpaired) electrons. The summed E-state index contributed by atoms with van der Waals surface area (Å²) in [7, 11) is 0. The molecule has 3 aromatic heterocycles. The van der Waals surface area contributed by atoms with E-state index in [1.807, 2.05) is 12.3 Å². The zero-order valence-corrected chi connectivity index (χ0v) is 17.1. The minimum atomic E-state index is 0.466. The molecule has 1 aromatic carbocycles. The van der Waals surface area contributed by atoms with Gasteiger partial charge in [-0.2, -0.15) is 0 Å². The molecule has 0 aliphatic carbocycles. The quantitative estimate of drug-likeness (QED) is 0.496. The van der Waals surface area contributed by atoms with E-state index in [1.54, 1.807) is 22.9 Å². The molecule has 0 fully saturated rings. The van der Waals surface area contributed by atoms with Crippen molar-refractivity contribution in [1.82, 2.24) is 19.1 Å². The number of H-pyrrole nitrogens is 1. The molecule has 0 saturated carbocycles. The van der Waals surface area contributed by atoms with Crippen LogP contribution in [0.4, 0.5) is 0 Å². The molecule has 27 heavy (non-hydrogen) atoms. The average molecular weight is 395 g/mol. The van der Waals surface area contributed by atoms with Gasteiger partial charge in [-0.1, -0.05) is 44.6 Å². The van der Waals surface area contributed by atoms with Crippen LogP contribution >= 0.6 is 22.9 Å². The highest BCUT2D eigenvalue weighted by molar-refractivity contribution is 7.13. The minimum Gasteiger partial charge on any atom is -0.380 e. The van der Waals surface area contributed by atoms with Gasteiger partial charge in [0.05, 0.1) is 32.6 Å². The first-order chi connectivity index (χ1) is 13.0. The van der Waals surface area contributed by atoms with Gasteiger partial charge in [-0.05, 0) is 29.8 Å². The first kappa shape index (κ1) is 17.8. The van der Waals surface area contributed by atoms with E-state index >= 15 is 0 Å². The number of aromatic nitrogens is 3. The molecular weight excluding hydrogens is 372 g/mol. The Morgan fingerprint density at radius 2 is 2.19 bits per heavy atom. The van der Waals surface area contributed by atoms with Crippen LogP contribution in [0.2, 0.25) is 0 Å². The fourth-order valence-corrected chi connectivity index (χ4v) is 4.68. The molecular formula is C21H22N4S2. The van der Waals surface area contributed by atoms with Crippen LogP contribution in [-0.2, 0) is 6.54 Å². The third-order valence-electron chi connectivity index (χ3n) is 4.37. The lowest BCUT2D eigenvalue weighted by Gasteiger charge is -2.09. The topological polar surface area (TPSA) is 45.1 Å². The van der Waals surface area contributed by atoms with Crippen LogP contribution in [0.15, 0.2) is 49.3 Å². The second-order valence-corrected chi connectivity index (χ2v) is 8.94. The first-order valence-corrected chi connectivity index (χ1v) is 10.4. The molecule has 0 amide bonds. The van der Waals surface area contributed by atoms with E-state index in [1.165, 1.54) is 9.88 Å². The molecule has 0 saturated heterocycles. The molecule has 3 heterocycles. The Bertz CT molecular complexity index is 1200. The van der Waals surface area contributed by atoms with Crippen LogP contribution in [-0.4, -0.2) is 13.8 Å². The largest absolute Gasteiger partial charge is 0.380 e. The predicted molar refractivity (Wildman–Crippen MR) is 118 cm³/mol. The van der Waals surface area contributed by atoms with Crippen molar-refractivity contribution in [1.29, 1.82) is 0 Å². The molecule has 0 spiro atoms. The van der Waals surface area contributed by atoms with E-state index in [-0.39, 0.29) is 0 Å². The SMILES string of the molecule is C=C(NCc1cnc(C(C)C)s1)c1ccc2sn3cccc3c(=C)[nH]c2c1. The number of nitrogens with zero attached hydrogens (tertiary/aromatic N) is 2. The van der Waals surface area contributed by atoms with Crippen LogP contribution in [0.25, 0.3) is 28.0 Å². The van der Waals surface area contributed by atoms with Gasteiger partial charge >= 0.3 is 0 Å². The van der Waals surface area contributed by atoms with Crippen LogP contribution in [0.1, 0.15) is 35.2 Å². The number of hydrogen-bond donors (Lipinski definition) is 2. The molecule has 0 aliphatic rings. The van der Waals surface area contributed by atoms with Gasteiger partial charge in [-0.15, -0.1) is 11.3 Å². The molecule has 2 N–H and O–H groups in total. The van der Waals surface area contributed by atoms with E-state index in [0.717, 1.165) is 38.9 Å². The summed E-state index contributed by atoms with van der Waals surface area (Å²) in [4.78, 5) is 9.14. The van der Waals surface area contributed by atoms with Crippen molar-refractivity contribution in [2.45, 2.75) is 26.3 Å². The van der Waals surface area contributed by atoms with E-state index < -0.39 is 0 Å². The van der Waals surface area contributed by atoms with E-state index in [9.17, 15) is 0 Å². The Labute approximate surface area is 166 Å². The molecule has 4 aromatic rings. The molecule has 4 nitrogen and oxygen atoms in total. The highest BCUT2D eigenvalue weighted by Crippen LogP contribution is 2.23. The lowest BCUT2D eigenvalue weighted by Crippen LogP contribution is -2.10. The maximum absolute atomic E-state index is 4.48. The fourth-order valence-electron chi connectivity index (χ4n) is 2.87. The molecule has 0 unspecified atom stereocenters. The average Bonchev–Trinajstić information content (AvgIpc) is 3.28. The maximum Gasteiger partial charge on any atom is 0.0953 e. The molecule has 0 bridgehead atoms. The number of rotatable bonds is 5. The zero-order chi connectivity index (χ0) is 19.0. The summed E-state index contributed by atoms with van der Waals surface area (Å²) < 4.78 is 3.29. The van der Waals surface area contributed by atoms with Crippen molar-refractivity contribution >= 4 is 50.9 Å². The summed E-state index contributed by atoms with van der Waals surface area (Å²) in [5.41, 5.74) is 4.10. The summed E-state index contributed by atoms with van der Waals surface area (Å²) in [6.07, 6.45) is 4.00. The van der Waals surface area contributed by atoms with Crippen LogP contribution in [0, 0.1) is 0 Å². The predicted octanol–water partition coefficient (Wildman–Crippen LogP) is 5.08. The summed E-state index contributed by atoms with van der Waals surface area (Å²) in [6.45, 7) is 13.4. The number of aromatic amines is 1. The van der Waals surface area contributed by atoms with E-state index in [2.05, 4.69) is 76.5 Å². The van der Waals surface area contributed by atoms with Gasteiger partial charge in [0, 0.05) is 28.9 Å². The van der Waals surface area contributed by atoms with Gasteiger partial charge in [0.1, 0.15) is 0 Å². The van der Waals surface area contributed by atoms with Gasteiger partial charge in [-0.25, -0.2) is 4.98 Å². The summed E-state index contributed by atoms with van der Waals surface area (Å²) in [6, 6.07) is 10.5. The number of benzene rings is 1. The molecule has 0 aliphatic heterocycles. The maximum atomic E-state index is 4.48. The Morgan fingerprint density at radius 1 is 1.33 bits per heavy atom. The smallest absolute Gasteiger partial charge is 0.0953 e. The molecule has 0 atom stereocenters. The standard InChI is InChI=1S/C21H22N4S2/c1-13(2)21-23-12-17(26-21)11-22-14(3)16-7-8-20-18(10-16)24-15(4)19-6-5-9-25(19)27-20/h5-10,12-13,22,24H,3-4,11H2,1-2H3. The third-order valence-corrected chi connectivity index (χ3v) is 6.74. The highest BCUT2D eigenvalue weighted by Gasteiger charge is 2.07. The Morgan fingerprint density at radius 3 is 2.96 bits per heavy atom. The monoisotopic (exact) mass is 394 g/mol. The molecule has 138 valence electrons. The lowest BCUT2D eigenvalue weighted by atomic mass is 10.1. The molecule has 6 heteroatoms. The van der Waals surface area contributed by atoms with Gasteiger partial charge in [0.25, 0.3) is 0 Å². The molecule has 4 rings (SSSR count). The van der Waals surface area contributed by atoms with Crippen molar-refractivity contribution < 1.29 is 0 Å². The van der Waals surface area contributed by atoms with Crippen LogP contribution < -0.4 is 10.7 Å². The highest BCUT2D eigenvalue weighted by atomic mass is 32.1. The van der Waals surface area contributed by atoms with Gasteiger partial charge in [0.15, 0.2) is 0 Å². The normalized spacial score (nSPS) is 11.4. The van der Waals surface area contributed by atoms with Gasteiger partial charge in [-0.3, -0.25) is 3.79 Å². The van der Waals surface area contributed by atoms with Crippen LogP contribution in [0.3, 0.4) is 0 Å². The lowest BCUT2D eigenvalue weighted by molar-refractivity contribution is 0.851. The second kappa shape index (κ2) is 7.21. The van der Waals surface area contributed by atoms with Crippen LogP contribution in [0.5, 0.6) is 0 Å². The zero-order valence-electron chi connectivity index (χ0n) is 15.5. The van der Waals surface area contributed by atoms with Crippen molar-refractivity contribution in [2.75, 3.05) is 0 Å². The van der Waals surface area contributed by atoms with Gasteiger partial charge < -0.3 is 10.3 Å². The fraction of sp³-hybridized carbons (Fsp3) is 0.190. The Kier molecular flexibility index (Phi) is 4.76. The first-order valence-electron chi connectivity index (χ1n) is 8.85. The van der Waals surface area contributed by atoms with E-state index in [4.69, 9.17) is 0 Å². The van der Waals surface area contributed by atoms with E-state index in [0.29, 0.717) is 5.92 Å². The Hall–Kier alpha value is -2.57. The summed E-state index contributed by atoms with van der Waals surface area (Å²) in [5, 5.41) is 5.50. The minimum absolute atomic E-state index is 0.466. The van der Waals surface area contributed by atoms with Crippen molar-refractivity contribution in [2.24, 2.45) is 0 Å². The van der Waals surface area contributed by atoms with Crippen molar-refractivity contribution in [3.63, 3.8) is 0 Å². The number of fused-ring (bicyclic) bond motifs is 2. The Balaban J connectivity index is 1.60. The van der Waals surface area contributed by atoms with Crippen molar-refractivity contribution in [3.8, 4) is 0 Å². The summed E-state index contributed by atoms with van der Waals surface area (Å²) in [5.74, 6) is 0.466. The number of hydrogen-bond acceptors (Lipinski definition) is 4. The number of nitrogens with one attached hydrogen (secondary N) is 2. The van der Waals surface area contributed by atoms with Gasteiger partial charge in [0.2, 0.25) is 0 Å².